The Morgan fingerprint density at radius 3 is 2.81 bits per heavy atom. The molecule has 0 aliphatic carbocycles. The molecule has 0 radical (unpaired) electrons. The second kappa shape index (κ2) is 7.75. The van der Waals surface area contributed by atoms with Gasteiger partial charge < -0.3 is 5.32 Å². The molecule has 90 valence electrons. The summed E-state index contributed by atoms with van der Waals surface area (Å²) in [5, 5.41) is 3.47. The van der Waals surface area contributed by atoms with Gasteiger partial charge in [0.15, 0.2) is 0 Å². The minimum atomic E-state index is 0.754. The van der Waals surface area contributed by atoms with Crippen molar-refractivity contribution < 1.29 is 0 Å². The van der Waals surface area contributed by atoms with Gasteiger partial charge in [0.05, 0.1) is 0 Å². The first kappa shape index (κ1) is 13.6. The van der Waals surface area contributed by atoms with E-state index >= 15 is 0 Å². The summed E-state index contributed by atoms with van der Waals surface area (Å²) in [6, 6.07) is 8.73. The maximum atomic E-state index is 3.47. The highest BCUT2D eigenvalue weighted by Crippen LogP contribution is 2.19. The van der Waals surface area contributed by atoms with E-state index in [2.05, 4.69) is 50.4 Å². The van der Waals surface area contributed by atoms with Crippen LogP contribution in [0.15, 0.2) is 29.2 Å². The van der Waals surface area contributed by atoms with E-state index in [0.29, 0.717) is 0 Å². The minimum absolute atomic E-state index is 0.754. The van der Waals surface area contributed by atoms with Crippen molar-refractivity contribution in [2.45, 2.75) is 32.1 Å². The van der Waals surface area contributed by atoms with Gasteiger partial charge >= 0.3 is 0 Å². The fraction of sp³-hybridized carbons (Fsp3) is 0.571. The number of thioether (sulfide) groups is 1. The molecule has 1 aromatic carbocycles. The number of rotatable bonds is 7. The monoisotopic (exact) mass is 237 g/mol. The Morgan fingerprint density at radius 2 is 2.12 bits per heavy atom. The van der Waals surface area contributed by atoms with Crippen LogP contribution in [0.1, 0.15) is 25.8 Å². The fourth-order valence-electron chi connectivity index (χ4n) is 1.48. The molecule has 0 unspecified atom stereocenters. The molecule has 0 aliphatic heterocycles. The van der Waals surface area contributed by atoms with Crippen LogP contribution in [0.4, 0.5) is 0 Å². The highest BCUT2D eigenvalue weighted by Gasteiger charge is 1.95. The van der Waals surface area contributed by atoms with Gasteiger partial charge in [-0.15, -0.1) is 11.8 Å². The van der Waals surface area contributed by atoms with Crippen LogP contribution in [-0.2, 0) is 0 Å². The second-order valence-electron chi connectivity index (χ2n) is 4.62. The Bertz CT molecular complexity index is 297. The Labute approximate surface area is 104 Å². The third-order valence-corrected chi connectivity index (χ3v) is 3.39. The van der Waals surface area contributed by atoms with Crippen molar-refractivity contribution in [2.24, 2.45) is 5.92 Å². The molecule has 0 aliphatic rings. The van der Waals surface area contributed by atoms with E-state index in [9.17, 15) is 0 Å². The number of nitrogens with one attached hydrogen (secondary N) is 1. The minimum Gasteiger partial charge on any atom is -0.316 e. The molecule has 2 heteroatoms. The lowest BCUT2D eigenvalue weighted by Gasteiger charge is -2.07. The molecule has 0 fully saturated rings. The molecule has 1 aromatic rings. The summed E-state index contributed by atoms with van der Waals surface area (Å²) in [4.78, 5) is 1.39. The Hall–Kier alpha value is -0.470. The van der Waals surface area contributed by atoms with Gasteiger partial charge in [-0.1, -0.05) is 31.5 Å². The van der Waals surface area contributed by atoms with Gasteiger partial charge in [0.1, 0.15) is 0 Å². The lowest BCUT2D eigenvalue weighted by molar-refractivity contribution is 0.552. The van der Waals surface area contributed by atoms with Gasteiger partial charge in [-0.05, 0) is 50.2 Å². The summed E-state index contributed by atoms with van der Waals surface area (Å²) in [5.41, 5.74) is 1.35. The molecule has 0 amide bonds. The van der Waals surface area contributed by atoms with E-state index in [1.807, 2.05) is 11.8 Å². The molecule has 16 heavy (non-hydrogen) atoms. The van der Waals surface area contributed by atoms with Crippen LogP contribution >= 0.6 is 11.8 Å². The first-order valence-electron chi connectivity index (χ1n) is 6.08. The first-order valence-corrected chi connectivity index (χ1v) is 7.07. The van der Waals surface area contributed by atoms with Crippen LogP contribution in [-0.4, -0.2) is 18.8 Å². The molecular weight excluding hydrogens is 214 g/mol. The van der Waals surface area contributed by atoms with Crippen LogP contribution in [0, 0.1) is 12.8 Å². The van der Waals surface area contributed by atoms with E-state index in [-0.39, 0.29) is 0 Å². The van der Waals surface area contributed by atoms with Crippen molar-refractivity contribution in [1.82, 2.24) is 5.32 Å². The maximum Gasteiger partial charge on any atom is 0.00745 e. The van der Waals surface area contributed by atoms with Crippen molar-refractivity contribution in [3.63, 3.8) is 0 Å². The van der Waals surface area contributed by atoms with Crippen LogP contribution in [0.25, 0.3) is 0 Å². The molecule has 0 spiro atoms. The van der Waals surface area contributed by atoms with Gasteiger partial charge in [-0.2, -0.15) is 0 Å². The second-order valence-corrected chi connectivity index (χ2v) is 5.78. The van der Waals surface area contributed by atoms with E-state index in [1.165, 1.54) is 22.6 Å². The van der Waals surface area contributed by atoms with E-state index in [4.69, 9.17) is 0 Å². The van der Waals surface area contributed by atoms with Gasteiger partial charge in [-0.25, -0.2) is 0 Å². The largest absolute Gasteiger partial charge is 0.316 e. The maximum absolute atomic E-state index is 3.47. The zero-order valence-electron chi connectivity index (χ0n) is 10.6. The summed E-state index contributed by atoms with van der Waals surface area (Å²) in [5.74, 6) is 1.96. The van der Waals surface area contributed by atoms with Gasteiger partial charge in [-0.3, -0.25) is 0 Å². The molecule has 0 saturated heterocycles. The summed E-state index contributed by atoms with van der Waals surface area (Å²) in [6.45, 7) is 8.91. The molecule has 1 rings (SSSR count). The number of aryl methyl sites for hydroxylation is 1. The van der Waals surface area contributed by atoms with Crippen LogP contribution in [0.5, 0.6) is 0 Å². The number of hydrogen-bond donors (Lipinski definition) is 1. The molecule has 1 nitrogen and oxygen atoms in total. The summed E-state index contributed by atoms with van der Waals surface area (Å²) in [6.07, 6.45) is 1.24. The van der Waals surface area contributed by atoms with Crippen LogP contribution < -0.4 is 5.32 Å². The predicted octanol–water partition coefficient (Wildman–Crippen LogP) is 3.72. The predicted molar refractivity (Wildman–Crippen MR) is 74.2 cm³/mol. The SMILES string of the molecule is Cc1cccc(SCCCNCC(C)C)c1. The number of benzene rings is 1. The highest BCUT2D eigenvalue weighted by molar-refractivity contribution is 7.99. The van der Waals surface area contributed by atoms with Gasteiger partial charge in [0.2, 0.25) is 0 Å². The number of hydrogen-bond acceptors (Lipinski definition) is 2. The standard InChI is InChI=1S/C14H23NS/c1-12(2)11-15-8-5-9-16-14-7-4-6-13(3)10-14/h4,6-7,10,12,15H,5,8-9,11H2,1-3H3. The Balaban J connectivity index is 2.07. The highest BCUT2D eigenvalue weighted by atomic mass is 32.2. The lowest BCUT2D eigenvalue weighted by Crippen LogP contribution is -2.21. The van der Waals surface area contributed by atoms with Crippen molar-refractivity contribution >= 4 is 11.8 Å². The average molecular weight is 237 g/mol. The van der Waals surface area contributed by atoms with Crippen molar-refractivity contribution in [2.75, 3.05) is 18.8 Å². The van der Waals surface area contributed by atoms with Gasteiger partial charge in [0, 0.05) is 4.90 Å². The molecule has 0 heterocycles. The third kappa shape index (κ3) is 6.19. The van der Waals surface area contributed by atoms with E-state index in [1.54, 1.807) is 0 Å². The van der Waals surface area contributed by atoms with E-state index in [0.717, 1.165) is 19.0 Å². The zero-order chi connectivity index (χ0) is 11.8. The normalized spacial score (nSPS) is 11.0. The Morgan fingerprint density at radius 1 is 1.31 bits per heavy atom. The third-order valence-electron chi connectivity index (χ3n) is 2.31. The van der Waals surface area contributed by atoms with E-state index < -0.39 is 0 Å². The average Bonchev–Trinajstić information content (AvgIpc) is 2.23. The van der Waals surface area contributed by atoms with Gasteiger partial charge in [0.25, 0.3) is 0 Å². The molecule has 0 saturated carbocycles. The zero-order valence-corrected chi connectivity index (χ0v) is 11.4. The van der Waals surface area contributed by atoms with Crippen molar-refractivity contribution in [3.05, 3.63) is 29.8 Å². The fourth-order valence-corrected chi connectivity index (χ4v) is 2.45. The molecule has 1 N–H and O–H groups in total. The van der Waals surface area contributed by atoms with Crippen LogP contribution in [0.3, 0.4) is 0 Å². The molecule has 0 atom stereocenters. The van der Waals surface area contributed by atoms with Crippen molar-refractivity contribution in [1.29, 1.82) is 0 Å². The quantitative estimate of drug-likeness (QED) is 0.573. The summed E-state index contributed by atoms with van der Waals surface area (Å²) in [7, 11) is 0. The summed E-state index contributed by atoms with van der Waals surface area (Å²) < 4.78 is 0. The first-order chi connectivity index (χ1) is 7.68. The molecular formula is C14H23NS. The molecule has 0 bridgehead atoms. The Kier molecular flexibility index (Phi) is 6.58. The van der Waals surface area contributed by atoms with Crippen LogP contribution in [0.2, 0.25) is 0 Å². The lowest BCUT2D eigenvalue weighted by atomic mass is 10.2. The topological polar surface area (TPSA) is 12.0 Å². The molecule has 0 aromatic heterocycles. The van der Waals surface area contributed by atoms with Crippen molar-refractivity contribution in [3.8, 4) is 0 Å². The summed E-state index contributed by atoms with van der Waals surface area (Å²) >= 11 is 1.95. The smallest absolute Gasteiger partial charge is 0.00745 e.